The van der Waals surface area contributed by atoms with Gasteiger partial charge in [0.2, 0.25) is 0 Å². The van der Waals surface area contributed by atoms with Crippen molar-refractivity contribution in [3.63, 3.8) is 0 Å². The van der Waals surface area contributed by atoms with E-state index in [0.29, 0.717) is 0 Å². The molecule has 364 valence electrons. The Labute approximate surface area is 435 Å². The fourth-order valence-corrected chi connectivity index (χ4v) is 13.7. The van der Waals surface area contributed by atoms with Crippen molar-refractivity contribution in [2.75, 3.05) is 4.90 Å². The van der Waals surface area contributed by atoms with Gasteiger partial charge in [0.05, 0.1) is 0 Å². The lowest BCUT2D eigenvalue weighted by Crippen LogP contribution is -2.21. The second-order valence-electron chi connectivity index (χ2n) is 25.3. The van der Waals surface area contributed by atoms with Crippen LogP contribution in [0.5, 0.6) is 0 Å². The highest BCUT2D eigenvalue weighted by Gasteiger charge is 2.44. The van der Waals surface area contributed by atoms with E-state index in [4.69, 9.17) is 8.83 Å². The lowest BCUT2D eigenvalue weighted by Gasteiger charge is -2.33. The number of para-hydroxylation sites is 3. The molecule has 0 saturated heterocycles. The van der Waals surface area contributed by atoms with E-state index in [2.05, 4.69) is 252 Å². The van der Waals surface area contributed by atoms with E-state index in [-0.39, 0.29) is 27.1 Å². The number of fused-ring (bicyclic) bond motifs is 17. The van der Waals surface area contributed by atoms with Crippen LogP contribution in [0.1, 0.15) is 128 Å². The van der Waals surface area contributed by atoms with Crippen molar-refractivity contribution < 1.29 is 8.83 Å². The molecule has 2 heterocycles. The first kappa shape index (κ1) is 45.0. The molecule has 0 bridgehead atoms. The Kier molecular flexibility index (Phi) is 9.00. The van der Waals surface area contributed by atoms with Gasteiger partial charge in [0.15, 0.2) is 0 Å². The maximum Gasteiger partial charge on any atom is 0.143 e. The summed E-state index contributed by atoms with van der Waals surface area (Å²) in [6.45, 7) is 28.3. The van der Waals surface area contributed by atoms with E-state index >= 15 is 0 Å². The van der Waals surface area contributed by atoms with Crippen molar-refractivity contribution in [1.82, 2.24) is 0 Å². The Bertz CT molecular complexity index is 4230. The van der Waals surface area contributed by atoms with Crippen LogP contribution in [0.2, 0.25) is 0 Å². The molecule has 0 aliphatic heterocycles. The zero-order chi connectivity index (χ0) is 51.2. The fourth-order valence-electron chi connectivity index (χ4n) is 13.7. The lowest BCUT2D eigenvalue weighted by atomic mass is 9.79. The summed E-state index contributed by atoms with van der Waals surface area (Å²) >= 11 is 0. The van der Waals surface area contributed by atoms with Crippen molar-refractivity contribution >= 4 is 60.9 Å². The quantitative estimate of drug-likeness (QED) is 0.176. The van der Waals surface area contributed by atoms with Crippen LogP contribution in [0.4, 0.5) is 17.1 Å². The number of benzene rings is 9. The number of hydrogen-bond acceptors (Lipinski definition) is 3. The van der Waals surface area contributed by atoms with Crippen LogP contribution in [0.25, 0.3) is 88.4 Å². The van der Waals surface area contributed by atoms with Gasteiger partial charge in [-0.25, -0.2) is 0 Å². The molecule has 74 heavy (non-hydrogen) atoms. The molecule has 11 aromatic rings. The normalized spacial score (nSPS) is 15.6. The molecular formula is C71H63NO2. The first-order valence-corrected chi connectivity index (χ1v) is 26.7. The Morgan fingerprint density at radius 3 is 1.59 bits per heavy atom. The minimum atomic E-state index is -0.314. The molecule has 3 heteroatoms. The minimum Gasteiger partial charge on any atom is -0.456 e. The molecule has 0 unspecified atom stereocenters. The van der Waals surface area contributed by atoms with E-state index in [9.17, 15) is 0 Å². The summed E-state index contributed by atoms with van der Waals surface area (Å²) in [5.74, 6) is 0. The molecule has 3 nitrogen and oxygen atoms in total. The highest BCUT2D eigenvalue weighted by atomic mass is 16.3. The van der Waals surface area contributed by atoms with E-state index in [0.717, 1.165) is 44.7 Å². The average molecular weight is 962 g/mol. The summed E-state index contributed by atoms with van der Waals surface area (Å²) in [4.78, 5) is 2.55. The van der Waals surface area contributed by atoms with Gasteiger partial charge >= 0.3 is 0 Å². The minimum absolute atomic E-state index is 0.0603. The van der Waals surface area contributed by atoms with Crippen LogP contribution >= 0.6 is 0 Å². The SMILES string of the molecule is CC(C)(C)c1ccc(-c2cc3c(c4c2oc2ccccc24)-c2ccc(N(c4ccc5c(c4)C(C)(C)c4cc6c(cc4-5)C(C)(C)c4ccc5oc7ccccc7c5c4-6)c4ccccc4C(C)(C)C)cc2C3(C)C)cc1. The van der Waals surface area contributed by atoms with Crippen LogP contribution in [0.15, 0.2) is 173 Å². The van der Waals surface area contributed by atoms with Gasteiger partial charge in [-0.2, -0.15) is 0 Å². The Morgan fingerprint density at radius 1 is 0.378 bits per heavy atom. The maximum absolute atomic E-state index is 6.91. The van der Waals surface area contributed by atoms with Gasteiger partial charge in [-0.3, -0.25) is 0 Å². The molecule has 9 aromatic carbocycles. The Balaban J connectivity index is 0.941. The predicted molar refractivity (Wildman–Crippen MR) is 311 cm³/mol. The molecule has 0 spiro atoms. The van der Waals surface area contributed by atoms with Crippen LogP contribution < -0.4 is 4.90 Å². The molecule has 0 fully saturated rings. The first-order valence-electron chi connectivity index (χ1n) is 26.7. The number of furan rings is 2. The Morgan fingerprint density at radius 2 is 0.905 bits per heavy atom. The van der Waals surface area contributed by atoms with Gasteiger partial charge < -0.3 is 13.7 Å². The van der Waals surface area contributed by atoms with Gasteiger partial charge in [-0.1, -0.05) is 180 Å². The van der Waals surface area contributed by atoms with Crippen molar-refractivity contribution in [3.8, 4) is 44.5 Å². The van der Waals surface area contributed by atoms with Gasteiger partial charge in [0.1, 0.15) is 22.3 Å². The monoisotopic (exact) mass is 961 g/mol. The summed E-state index contributed by atoms with van der Waals surface area (Å²) in [7, 11) is 0. The van der Waals surface area contributed by atoms with E-state index in [1.54, 1.807) is 0 Å². The summed E-state index contributed by atoms with van der Waals surface area (Å²) in [5.41, 5.74) is 27.4. The van der Waals surface area contributed by atoms with Crippen molar-refractivity contribution in [3.05, 3.63) is 208 Å². The Hall–Kier alpha value is -7.62. The third-order valence-electron chi connectivity index (χ3n) is 17.8. The van der Waals surface area contributed by atoms with Gasteiger partial charge in [-0.05, 0) is 161 Å². The standard InChI is InChI=1S/C71H63NO2/c1-67(2,3)41-27-25-40(26-28-41)48-37-57-62(65-47-20-14-18-24-60(47)74-66(48)65)45-32-30-43(36-54(45)71(57,11)12)72(58-22-16-15-21-51(58)68(4,5)6)42-29-31-44-49-38-56-50(39-55(49)70(9,10)53(44)35-42)63-52(69(56,7)8)33-34-61-64(63)46-19-13-17-23-59(46)73-61/h13-39H,1-12H3. The summed E-state index contributed by atoms with van der Waals surface area (Å²) in [6.07, 6.45) is 0. The second-order valence-corrected chi connectivity index (χ2v) is 25.3. The van der Waals surface area contributed by atoms with Gasteiger partial charge in [-0.15, -0.1) is 0 Å². The molecule has 3 aliphatic rings. The first-order chi connectivity index (χ1) is 35.2. The third kappa shape index (κ3) is 6.07. The topological polar surface area (TPSA) is 29.5 Å². The van der Waals surface area contributed by atoms with E-state index in [1.165, 1.54) is 105 Å². The molecular weight excluding hydrogens is 899 g/mol. The highest BCUT2D eigenvalue weighted by molar-refractivity contribution is 6.19. The molecule has 3 aliphatic carbocycles. The molecule has 0 N–H and O–H groups in total. The molecule has 0 amide bonds. The molecule has 0 atom stereocenters. The summed E-state index contributed by atoms with van der Waals surface area (Å²) in [5, 5.41) is 4.76. The van der Waals surface area contributed by atoms with Crippen LogP contribution in [0.3, 0.4) is 0 Å². The van der Waals surface area contributed by atoms with E-state index < -0.39 is 0 Å². The largest absolute Gasteiger partial charge is 0.456 e. The summed E-state index contributed by atoms with van der Waals surface area (Å²) < 4.78 is 13.4. The number of hydrogen-bond donors (Lipinski definition) is 0. The smallest absolute Gasteiger partial charge is 0.143 e. The third-order valence-corrected chi connectivity index (χ3v) is 17.8. The molecule has 14 rings (SSSR count). The summed E-state index contributed by atoms with van der Waals surface area (Å²) in [6, 6.07) is 61.9. The number of nitrogens with zero attached hydrogens (tertiary/aromatic N) is 1. The van der Waals surface area contributed by atoms with Crippen LogP contribution in [-0.4, -0.2) is 0 Å². The zero-order valence-electron chi connectivity index (χ0n) is 44.9. The lowest BCUT2D eigenvalue weighted by molar-refractivity contribution is 0.590. The predicted octanol–water partition coefficient (Wildman–Crippen LogP) is 20.1. The molecule has 2 aromatic heterocycles. The van der Waals surface area contributed by atoms with Crippen LogP contribution in [-0.2, 0) is 27.1 Å². The molecule has 0 radical (unpaired) electrons. The average Bonchev–Trinajstić information content (AvgIpc) is 4.15. The zero-order valence-corrected chi connectivity index (χ0v) is 44.9. The maximum atomic E-state index is 6.91. The number of rotatable bonds is 4. The highest BCUT2D eigenvalue weighted by Crippen LogP contribution is 2.60. The number of anilines is 3. The van der Waals surface area contributed by atoms with Crippen molar-refractivity contribution in [2.24, 2.45) is 0 Å². The van der Waals surface area contributed by atoms with Crippen molar-refractivity contribution in [2.45, 2.75) is 110 Å². The molecule has 0 saturated carbocycles. The van der Waals surface area contributed by atoms with Crippen LogP contribution in [0, 0.1) is 0 Å². The van der Waals surface area contributed by atoms with Gasteiger partial charge in [0, 0.05) is 60.4 Å². The van der Waals surface area contributed by atoms with E-state index in [1.807, 2.05) is 0 Å². The van der Waals surface area contributed by atoms with Gasteiger partial charge in [0.25, 0.3) is 0 Å². The van der Waals surface area contributed by atoms with Crippen molar-refractivity contribution in [1.29, 1.82) is 0 Å². The second kappa shape index (κ2) is 14.8. The fraction of sp³-hybridized carbons (Fsp3) is 0.239.